The van der Waals surface area contributed by atoms with Crippen molar-refractivity contribution in [3.63, 3.8) is 0 Å². The first-order valence-electron chi connectivity index (χ1n) is 5.72. The highest BCUT2D eigenvalue weighted by Crippen LogP contribution is 2.41. The van der Waals surface area contributed by atoms with Gasteiger partial charge in [-0.25, -0.2) is 4.39 Å². The molecule has 1 aliphatic rings. The molecule has 2 N–H and O–H groups in total. The van der Waals surface area contributed by atoms with Crippen molar-refractivity contribution in [2.45, 2.75) is 32.4 Å². The number of nitrogens with zero attached hydrogens (tertiary/aromatic N) is 1. The van der Waals surface area contributed by atoms with Crippen molar-refractivity contribution in [3.05, 3.63) is 35.3 Å². The van der Waals surface area contributed by atoms with E-state index in [4.69, 9.17) is 5.73 Å². The smallest absolute Gasteiger partial charge is 0.132 e. The molecule has 0 aliphatic heterocycles. The minimum absolute atomic E-state index is 0.135. The zero-order valence-electron chi connectivity index (χ0n) is 9.33. The van der Waals surface area contributed by atoms with Crippen molar-refractivity contribution in [1.29, 1.82) is 0 Å². The van der Waals surface area contributed by atoms with E-state index in [9.17, 15) is 4.39 Å². The Morgan fingerprint density at radius 3 is 2.81 bits per heavy atom. The molecule has 0 bridgehead atoms. The van der Waals surface area contributed by atoms with E-state index in [1.165, 1.54) is 18.9 Å². The van der Waals surface area contributed by atoms with Gasteiger partial charge in [0.05, 0.1) is 5.52 Å². The topological polar surface area (TPSA) is 30.9 Å². The van der Waals surface area contributed by atoms with Crippen molar-refractivity contribution >= 4 is 10.9 Å². The maximum Gasteiger partial charge on any atom is 0.132 e. The van der Waals surface area contributed by atoms with E-state index in [1.807, 2.05) is 13.0 Å². The van der Waals surface area contributed by atoms with Crippen LogP contribution < -0.4 is 5.73 Å². The van der Waals surface area contributed by atoms with Crippen LogP contribution >= 0.6 is 0 Å². The van der Waals surface area contributed by atoms with Gasteiger partial charge in [-0.3, -0.25) is 0 Å². The predicted octanol–water partition coefficient (Wildman–Crippen LogP) is 2.88. The second kappa shape index (κ2) is 3.32. The lowest BCUT2D eigenvalue weighted by Crippen LogP contribution is -2.06. The standard InChI is InChI=1S/C13H15FN2/c1-8-12(7-15)16(9-5-6-9)11-4-2-3-10(14)13(8)11/h2-4,9H,5-7,15H2,1H3. The fraction of sp³-hybridized carbons (Fsp3) is 0.385. The quantitative estimate of drug-likeness (QED) is 0.825. The summed E-state index contributed by atoms with van der Waals surface area (Å²) < 4.78 is 16.0. The minimum Gasteiger partial charge on any atom is -0.340 e. The highest BCUT2D eigenvalue weighted by atomic mass is 19.1. The van der Waals surface area contributed by atoms with Crippen LogP contribution in [0.2, 0.25) is 0 Å². The molecule has 1 saturated carbocycles. The van der Waals surface area contributed by atoms with Crippen molar-refractivity contribution in [2.24, 2.45) is 5.73 Å². The van der Waals surface area contributed by atoms with Crippen molar-refractivity contribution in [2.75, 3.05) is 0 Å². The SMILES string of the molecule is Cc1c(CN)n(C2CC2)c2cccc(F)c12. The molecule has 16 heavy (non-hydrogen) atoms. The first-order valence-corrected chi connectivity index (χ1v) is 5.72. The van der Waals surface area contributed by atoms with Crippen LogP contribution in [0.3, 0.4) is 0 Å². The molecule has 0 spiro atoms. The average Bonchev–Trinajstić information content (AvgIpc) is 3.05. The van der Waals surface area contributed by atoms with Crippen molar-refractivity contribution in [3.8, 4) is 0 Å². The zero-order chi connectivity index (χ0) is 11.3. The molecule has 1 aromatic carbocycles. The average molecular weight is 218 g/mol. The monoisotopic (exact) mass is 218 g/mol. The van der Waals surface area contributed by atoms with Crippen LogP contribution in [0.25, 0.3) is 10.9 Å². The fourth-order valence-electron chi connectivity index (χ4n) is 2.56. The molecule has 84 valence electrons. The van der Waals surface area contributed by atoms with Crippen LogP contribution in [-0.4, -0.2) is 4.57 Å². The van der Waals surface area contributed by atoms with Crippen LogP contribution in [-0.2, 0) is 6.54 Å². The minimum atomic E-state index is -0.135. The van der Waals surface area contributed by atoms with E-state index in [2.05, 4.69) is 4.57 Å². The summed E-state index contributed by atoms with van der Waals surface area (Å²) in [7, 11) is 0. The lowest BCUT2D eigenvalue weighted by atomic mass is 10.1. The molecule has 1 fully saturated rings. The highest BCUT2D eigenvalue weighted by Gasteiger charge is 2.28. The van der Waals surface area contributed by atoms with E-state index in [0.717, 1.165) is 22.2 Å². The number of fused-ring (bicyclic) bond motifs is 1. The summed E-state index contributed by atoms with van der Waals surface area (Å²) in [6, 6.07) is 5.82. The Labute approximate surface area is 93.9 Å². The number of aromatic nitrogens is 1. The van der Waals surface area contributed by atoms with Crippen LogP contribution in [0.4, 0.5) is 4.39 Å². The second-order valence-corrected chi connectivity index (χ2v) is 4.51. The van der Waals surface area contributed by atoms with Gasteiger partial charge in [-0.15, -0.1) is 0 Å². The van der Waals surface area contributed by atoms with Gasteiger partial charge in [0.1, 0.15) is 5.82 Å². The molecule has 3 heteroatoms. The van der Waals surface area contributed by atoms with E-state index in [1.54, 1.807) is 6.07 Å². The maximum atomic E-state index is 13.8. The molecule has 0 amide bonds. The molecule has 0 atom stereocenters. The van der Waals surface area contributed by atoms with Crippen LogP contribution in [0, 0.1) is 12.7 Å². The number of nitrogens with two attached hydrogens (primary N) is 1. The molecule has 1 aliphatic carbocycles. The summed E-state index contributed by atoms with van der Waals surface area (Å²) in [6.45, 7) is 2.45. The molecular formula is C13H15FN2. The third-order valence-electron chi connectivity index (χ3n) is 3.46. The predicted molar refractivity (Wildman–Crippen MR) is 62.8 cm³/mol. The molecule has 2 aromatic rings. The van der Waals surface area contributed by atoms with E-state index in [0.29, 0.717) is 12.6 Å². The fourth-order valence-corrected chi connectivity index (χ4v) is 2.56. The van der Waals surface area contributed by atoms with Crippen molar-refractivity contribution in [1.82, 2.24) is 4.57 Å². The van der Waals surface area contributed by atoms with Gasteiger partial charge < -0.3 is 10.3 Å². The summed E-state index contributed by atoms with van der Waals surface area (Å²) in [4.78, 5) is 0. The summed E-state index contributed by atoms with van der Waals surface area (Å²) in [6.07, 6.45) is 2.37. The summed E-state index contributed by atoms with van der Waals surface area (Å²) >= 11 is 0. The molecule has 0 saturated heterocycles. The zero-order valence-corrected chi connectivity index (χ0v) is 9.33. The highest BCUT2D eigenvalue weighted by molar-refractivity contribution is 5.86. The first kappa shape index (κ1) is 9.85. The molecule has 1 heterocycles. The number of aryl methyl sites for hydroxylation is 1. The molecule has 1 aromatic heterocycles. The van der Waals surface area contributed by atoms with Gasteiger partial charge >= 0.3 is 0 Å². The molecule has 0 radical (unpaired) electrons. The van der Waals surface area contributed by atoms with Gasteiger partial charge in [-0.05, 0) is 37.5 Å². The van der Waals surface area contributed by atoms with Crippen LogP contribution in [0.15, 0.2) is 18.2 Å². The van der Waals surface area contributed by atoms with Gasteiger partial charge in [0.25, 0.3) is 0 Å². The van der Waals surface area contributed by atoms with Crippen LogP contribution in [0.5, 0.6) is 0 Å². The number of rotatable bonds is 2. The Bertz CT molecular complexity index is 553. The summed E-state index contributed by atoms with van der Waals surface area (Å²) in [5.74, 6) is -0.135. The lowest BCUT2D eigenvalue weighted by Gasteiger charge is -2.07. The Balaban J connectivity index is 2.41. The number of halogens is 1. The largest absolute Gasteiger partial charge is 0.340 e. The molecule has 2 nitrogen and oxygen atoms in total. The normalized spacial score (nSPS) is 15.9. The summed E-state index contributed by atoms with van der Waals surface area (Å²) in [5.41, 5.74) is 8.88. The molecule has 0 unspecified atom stereocenters. The number of hydrogen-bond donors (Lipinski definition) is 1. The third kappa shape index (κ3) is 1.21. The molecule has 3 rings (SSSR count). The van der Waals surface area contributed by atoms with E-state index < -0.39 is 0 Å². The molecular weight excluding hydrogens is 203 g/mol. The second-order valence-electron chi connectivity index (χ2n) is 4.51. The van der Waals surface area contributed by atoms with Crippen molar-refractivity contribution < 1.29 is 4.39 Å². The Hall–Kier alpha value is -1.35. The lowest BCUT2D eigenvalue weighted by molar-refractivity contribution is 0.639. The third-order valence-corrected chi connectivity index (χ3v) is 3.46. The van der Waals surface area contributed by atoms with Gasteiger partial charge in [-0.1, -0.05) is 6.07 Å². The first-order chi connectivity index (χ1) is 7.74. The van der Waals surface area contributed by atoms with Gasteiger partial charge in [0.2, 0.25) is 0 Å². The van der Waals surface area contributed by atoms with Gasteiger partial charge in [0, 0.05) is 23.7 Å². The number of benzene rings is 1. The Morgan fingerprint density at radius 1 is 1.44 bits per heavy atom. The Morgan fingerprint density at radius 2 is 2.19 bits per heavy atom. The van der Waals surface area contributed by atoms with E-state index >= 15 is 0 Å². The maximum absolute atomic E-state index is 13.8. The Kier molecular flexibility index (Phi) is 2.04. The van der Waals surface area contributed by atoms with Gasteiger partial charge in [0.15, 0.2) is 0 Å². The number of hydrogen-bond acceptors (Lipinski definition) is 1. The van der Waals surface area contributed by atoms with E-state index in [-0.39, 0.29) is 5.82 Å². The van der Waals surface area contributed by atoms with Gasteiger partial charge in [-0.2, -0.15) is 0 Å². The van der Waals surface area contributed by atoms with Crippen LogP contribution in [0.1, 0.15) is 30.1 Å². The summed E-state index contributed by atoms with van der Waals surface area (Å²) in [5, 5.41) is 0.745.